The molecule has 0 aromatic rings. The van der Waals surface area contributed by atoms with Gasteiger partial charge in [0.05, 0.1) is 17.9 Å². The summed E-state index contributed by atoms with van der Waals surface area (Å²) in [6, 6.07) is -0.407. The molecule has 1 saturated heterocycles. The van der Waals surface area contributed by atoms with E-state index in [2.05, 4.69) is 10.5 Å². The van der Waals surface area contributed by atoms with Crippen molar-refractivity contribution in [1.29, 1.82) is 0 Å². The van der Waals surface area contributed by atoms with Crippen molar-refractivity contribution in [2.45, 2.75) is 86.2 Å². The summed E-state index contributed by atoms with van der Waals surface area (Å²) in [5.74, 6) is 0.125. The fraction of sp³-hybridized carbons (Fsp3) is 0.862. The second-order valence-electron chi connectivity index (χ2n) is 13.8. The van der Waals surface area contributed by atoms with E-state index in [9.17, 15) is 19.2 Å². The van der Waals surface area contributed by atoms with Gasteiger partial charge in [-0.15, -0.1) is 0 Å². The summed E-state index contributed by atoms with van der Waals surface area (Å²) in [6.45, 7) is 3.24. The lowest BCUT2D eigenvalue weighted by molar-refractivity contribution is -0.186. The molecule has 226 valence electrons. The molecule has 7 fully saturated rings. The summed E-state index contributed by atoms with van der Waals surface area (Å²) < 4.78 is 24.6. The predicted octanol–water partition coefficient (Wildman–Crippen LogP) is 3.06. The van der Waals surface area contributed by atoms with Crippen molar-refractivity contribution in [2.75, 3.05) is 6.61 Å². The Morgan fingerprint density at radius 2 is 1.88 bits per heavy atom. The zero-order valence-electron chi connectivity index (χ0n) is 23.3. The number of fused-ring (bicyclic) bond motifs is 10. The van der Waals surface area contributed by atoms with Gasteiger partial charge < -0.3 is 24.7 Å². The Labute approximate surface area is 267 Å². The van der Waals surface area contributed by atoms with E-state index in [1.54, 1.807) is 29.5 Å². The van der Waals surface area contributed by atoms with Crippen LogP contribution in [-0.2, 0) is 38.1 Å². The first-order valence-electron chi connectivity index (χ1n) is 15.1. The van der Waals surface area contributed by atoms with Gasteiger partial charge in [-0.25, -0.2) is 9.59 Å². The number of nitrogens with two attached hydrogens (primary N) is 1. The van der Waals surface area contributed by atoms with E-state index in [-0.39, 0.29) is 17.8 Å². The molecular formula is C29H38I2N2O8. The lowest BCUT2D eigenvalue weighted by atomic mass is 9.65. The maximum atomic E-state index is 14.0. The van der Waals surface area contributed by atoms with Crippen LogP contribution in [0.3, 0.4) is 0 Å². The molecule has 0 aromatic carbocycles. The molecule has 6 aliphatic carbocycles. The van der Waals surface area contributed by atoms with Crippen LogP contribution in [0.1, 0.15) is 58.8 Å². The molecule has 0 amide bonds. The highest BCUT2D eigenvalue weighted by atomic mass is 127. The number of carbonyl (C=O) groups is 4. The lowest BCUT2D eigenvalue weighted by Gasteiger charge is -2.46. The van der Waals surface area contributed by atoms with Crippen molar-refractivity contribution in [2.24, 2.45) is 64.9 Å². The third kappa shape index (κ3) is 4.17. The Hall–Kier alpha value is -0.740. The third-order valence-corrected chi connectivity index (χ3v) is 14.6. The number of nitrogens with one attached hydrogen (secondary N) is 1. The van der Waals surface area contributed by atoms with Crippen molar-refractivity contribution < 1.29 is 38.1 Å². The van der Waals surface area contributed by atoms with Gasteiger partial charge in [0.25, 0.3) is 0 Å². The summed E-state index contributed by atoms with van der Waals surface area (Å²) in [5, 5.41) is 0. The maximum absolute atomic E-state index is 14.0. The van der Waals surface area contributed by atoms with E-state index in [0.29, 0.717) is 24.2 Å². The van der Waals surface area contributed by atoms with Crippen LogP contribution in [0.2, 0.25) is 0 Å². The number of alkyl halides is 1. The van der Waals surface area contributed by atoms with Gasteiger partial charge in [0.2, 0.25) is 0 Å². The number of hydrogen-bond acceptors (Lipinski definition) is 10. The highest BCUT2D eigenvalue weighted by Gasteiger charge is 2.72. The van der Waals surface area contributed by atoms with Crippen molar-refractivity contribution in [1.82, 2.24) is 3.53 Å². The van der Waals surface area contributed by atoms with Crippen LogP contribution in [0.4, 0.5) is 0 Å². The van der Waals surface area contributed by atoms with Crippen molar-refractivity contribution >= 4 is 69.3 Å². The first-order chi connectivity index (χ1) is 19.5. The predicted molar refractivity (Wildman–Crippen MR) is 160 cm³/mol. The monoisotopic (exact) mass is 796 g/mol. The smallest absolute Gasteiger partial charge is 0.344 e. The van der Waals surface area contributed by atoms with E-state index in [1.165, 1.54) is 19.3 Å². The Balaban J connectivity index is 1.03. The van der Waals surface area contributed by atoms with Crippen LogP contribution >= 0.6 is 45.5 Å². The van der Waals surface area contributed by atoms with Crippen LogP contribution in [-0.4, -0.2) is 57.9 Å². The lowest BCUT2D eigenvalue weighted by Crippen LogP contribution is -2.55. The number of esters is 4. The van der Waals surface area contributed by atoms with Crippen molar-refractivity contribution in [3.63, 3.8) is 0 Å². The van der Waals surface area contributed by atoms with Gasteiger partial charge in [-0.3, -0.25) is 13.1 Å². The van der Waals surface area contributed by atoms with E-state index >= 15 is 0 Å². The molecule has 41 heavy (non-hydrogen) atoms. The normalized spacial score (nSPS) is 48.1. The second-order valence-corrected chi connectivity index (χ2v) is 16.2. The summed E-state index contributed by atoms with van der Waals surface area (Å²) in [4.78, 5) is 52.2. The van der Waals surface area contributed by atoms with Gasteiger partial charge in [0.1, 0.15) is 17.8 Å². The minimum atomic E-state index is -1.37. The minimum absolute atomic E-state index is 0.181. The summed E-state index contributed by atoms with van der Waals surface area (Å²) in [6.07, 6.45) is 6.10. The summed E-state index contributed by atoms with van der Waals surface area (Å²) in [5.41, 5.74) is 5.61. The molecule has 0 spiro atoms. The number of carbonyl (C=O) groups excluding carboxylic acids is 4. The first-order valence-corrected chi connectivity index (χ1v) is 17.3. The van der Waals surface area contributed by atoms with E-state index in [1.807, 2.05) is 22.9 Å². The average Bonchev–Trinajstić information content (AvgIpc) is 3.79. The van der Waals surface area contributed by atoms with Gasteiger partial charge in [-0.05, 0) is 104 Å². The third-order valence-electron chi connectivity index (χ3n) is 12.3. The molecule has 7 rings (SSSR count). The zero-order valence-corrected chi connectivity index (χ0v) is 27.6. The fourth-order valence-electron chi connectivity index (χ4n) is 10.7. The Morgan fingerprint density at radius 1 is 1.15 bits per heavy atom. The molecule has 10 nitrogen and oxygen atoms in total. The molecule has 3 N–H and O–H groups in total. The molecule has 1 aliphatic heterocycles. The average molecular weight is 796 g/mol. The van der Waals surface area contributed by atoms with Crippen LogP contribution in [0.25, 0.3) is 0 Å². The Kier molecular flexibility index (Phi) is 7.18. The molecule has 15 atom stereocenters. The topological polar surface area (TPSA) is 143 Å². The highest BCUT2D eigenvalue weighted by molar-refractivity contribution is 14.1. The van der Waals surface area contributed by atoms with E-state index in [0.717, 1.165) is 37.0 Å². The highest BCUT2D eigenvalue weighted by Crippen LogP contribution is 2.71. The van der Waals surface area contributed by atoms with Crippen LogP contribution in [0, 0.1) is 59.2 Å². The molecular weight excluding hydrogens is 758 g/mol. The van der Waals surface area contributed by atoms with Crippen LogP contribution in [0.15, 0.2) is 0 Å². The Morgan fingerprint density at radius 3 is 2.59 bits per heavy atom. The summed E-state index contributed by atoms with van der Waals surface area (Å²) in [7, 11) is 0. The number of hydrogen-bond donors (Lipinski definition) is 2. The van der Waals surface area contributed by atoms with Crippen LogP contribution < -0.4 is 9.26 Å². The molecule has 0 radical (unpaired) electrons. The quantitative estimate of drug-likeness (QED) is 0.0681. The summed E-state index contributed by atoms with van der Waals surface area (Å²) >= 11 is 3.68. The van der Waals surface area contributed by atoms with Crippen molar-refractivity contribution in [3.05, 3.63) is 0 Å². The number of halogens is 2. The number of ether oxygens (including phenoxy) is 4. The molecule has 6 bridgehead atoms. The van der Waals surface area contributed by atoms with Crippen molar-refractivity contribution in [3.8, 4) is 0 Å². The molecule has 0 aromatic heterocycles. The number of rotatable bonds is 9. The van der Waals surface area contributed by atoms with Gasteiger partial charge in [0.15, 0.2) is 10.2 Å². The maximum Gasteiger partial charge on any atom is 0.344 e. The molecule has 1 heterocycles. The molecule has 6 saturated carbocycles. The van der Waals surface area contributed by atoms with Gasteiger partial charge in [-0.1, -0.05) is 6.92 Å². The SMILES string of the molecule is CCC1(OC(=O)C2C3CC4C(OC(=O)C42)C3OC(=O)COC(=O)C(N)(I)[C@H](C)NI)CC2CC1C1C3CC[C@@H](C3)C21. The Bertz CT molecular complexity index is 1170. The molecule has 12 heteroatoms. The van der Waals surface area contributed by atoms with Gasteiger partial charge in [0, 0.05) is 40.6 Å². The standard InChI is InChI=1S/C29H38I2N2O8/c1-3-28(9-14-7-17(28)20-13-5-4-12(6-13)19(14)20)41-26(36)22-16-8-15-21(22)25(35)40-24(15)23(16)39-18(34)10-38-27(37)29(30,32)11(2)33-31/h11-17,19-24,33H,3-10,32H2,1-2H3/t11-,12-,13?,14?,15?,16?,17?,19?,20?,21?,22?,23?,24?,28?,29?/m0/s1. The second kappa shape index (κ2) is 10.1. The first kappa shape index (κ1) is 29.0. The minimum Gasteiger partial charge on any atom is -0.459 e. The van der Waals surface area contributed by atoms with E-state index < -0.39 is 63.7 Å². The molecule has 7 aliphatic rings. The fourth-order valence-corrected chi connectivity index (χ4v) is 12.1. The van der Waals surface area contributed by atoms with Gasteiger partial charge in [-0.2, -0.15) is 0 Å². The largest absolute Gasteiger partial charge is 0.459 e. The van der Waals surface area contributed by atoms with Gasteiger partial charge >= 0.3 is 23.9 Å². The molecule has 13 unspecified atom stereocenters. The van der Waals surface area contributed by atoms with Crippen LogP contribution in [0.5, 0.6) is 0 Å². The zero-order chi connectivity index (χ0) is 29.0. The van der Waals surface area contributed by atoms with E-state index in [4.69, 9.17) is 24.7 Å².